The first-order chi connectivity index (χ1) is 17.6. The van der Waals surface area contributed by atoms with Crippen LogP contribution in [0.15, 0.2) is 72.9 Å². The zero-order chi connectivity index (χ0) is 25.1. The molecule has 1 aliphatic rings. The number of nitrogens with zero attached hydrogens (tertiary/aromatic N) is 2. The number of likely N-dealkylation sites (tertiary alicyclic amines) is 1. The second-order valence-corrected chi connectivity index (χ2v) is 9.42. The number of rotatable bonds is 7. The molecule has 1 aromatic heterocycles. The van der Waals surface area contributed by atoms with E-state index in [1.54, 1.807) is 13.2 Å². The van der Waals surface area contributed by atoms with Crippen LogP contribution in [0.25, 0.3) is 22.0 Å². The molecule has 2 N–H and O–H groups in total. The predicted octanol–water partition coefficient (Wildman–Crippen LogP) is 5.57. The number of amides is 1. The maximum Gasteiger partial charge on any atom is 0.256 e. The SMILES string of the molecule is COCCn1cc(C(=O)N2CCC(c3cc(CN)ccc3F)CC2)c2c(-c3ccccc3)cccc21. The van der Waals surface area contributed by atoms with Crippen molar-refractivity contribution in [3.8, 4) is 11.1 Å². The number of carbonyl (C=O) groups excluding carboxylic acids is 1. The number of aromatic nitrogens is 1. The van der Waals surface area contributed by atoms with Crippen LogP contribution in [-0.4, -0.2) is 42.2 Å². The third kappa shape index (κ3) is 4.66. The zero-order valence-corrected chi connectivity index (χ0v) is 20.6. The topological polar surface area (TPSA) is 60.5 Å². The molecule has 186 valence electrons. The van der Waals surface area contributed by atoms with Gasteiger partial charge in [-0.3, -0.25) is 4.79 Å². The molecule has 2 heterocycles. The molecule has 0 atom stereocenters. The number of fused-ring (bicyclic) bond motifs is 1. The molecular weight excluding hydrogens is 453 g/mol. The lowest BCUT2D eigenvalue weighted by Crippen LogP contribution is -2.38. The number of ether oxygens (including phenoxy) is 1. The Balaban J connectivity index is 1.46. The first-order valence-electron chi connectivity index (χ1n) is 12.5. The second kappa shape index (κ2) is 10.6. The average Bonchev–Trinajstić information content (AvgIpc) is 3.31. The van der Waals surface area contributed by atoms with Gasteiger partial charge >= 0.3 is 0 Å². The number of piperidine rings is 1. The van der Waals surface area contributed by atoms with Gasteiger partial charge in [-0.05, 0) is 53.1 Å². The van der Waals surface area contributed by atoms with Crippen molar-refractivity contribution in [2.75, 3.05) is 26.8 Å². The number of methoxy groups -OCH3 is 1. The fourth-order valence-corrected chi connectivity index (χ4v) is 5.34. The van der Waals surface area contributed by atoms with E-state index in [-0.39, 0.29) is 17.6 Å². The molecule has 0 radical (unpaired) electrons. The van der Waals surface area contributed by atoms with Gasteiger partial charge in [-0.15, -0.1) is 0 Å². The van der Waals surface area contributed by atoms with E-state index in [4.69, 9.17) is 10.5 Å². The summed E-state index contributed by atoms with van der Waals surface area (Å²) in [6, 6.07) is 21.5. The molecule has 5 nitrogen and oxygen atoms in total. The normalized spacial score (nSPS) is 14.5. The van der Waals surface area contributed by atoms with Crippen molar-refractivity contribution < 1.29 is 13.9 Å². The van der Waals surface area contributed by atoms with Crippen molar-refractivity contribution in [2.45, 2.75) is 31.8 Å². The summed E-state index contributed by atoms with van der Waals surface area (Å²) in [5.74, 6) is -0.0802. The number of hydrogen-bond acceptors (Lipinski definition) is 3. The number of halogens is 1. The van der Waals surface area contributed by atoms with Crippen molar-refractivity contribution in [2.24, 2.45) is 5.73 Å². The smallest absolute Gasteiger partial charge is 0.256 e. The van der Waals surface area contributed by atoms with E-state index in [2.05, 4.69) is 28.8 Å². The maximum atomic E-state index is 14.6. The van der Waals surface area contributed by atoms with Gasteiger partial charge in [-0.1, -0.05) is 54.6 Å². The Hall–Kier alpha value is -3.48. The minimum atomic E-state index is -0.189. The van der Waals surface area contributed by atoms with Gasteiger partial charge in [0.15, 0.2) is 0 Å². The molecule has 0 aliphatic carbocycles. The Morgan fingerprint density at radius 3 is 2.56 bits per heavy atom. The number of hydrogen-bond donors (Lipinski definition) is 1. The van der Waals surface area contributed by atoms with E-state index >= 15 is 0 Å². The van der Waals surface area contributed by atoms with Crippen molar-refractivity contribution in [1.29, 1.82) is 0 Å². The van der Waals surface area contributed by atoms with Crippen molar-refractivity contribution in [1.82, 2.24) is 9.47 Å². The van der Waals surface area contributed by atoms with Crippen molar-refractivity contribution in [3.63, 3.8) is 0 Å². The largest absolute Gasteiger partial charge is 0.383 e. The van der Waals surface area contributed by atoms with E-state index < -0.39 is 0 Å². The minimum Gasteiger partial charge on any atom is -0.383 e. The summed E-state index contributed by atoms with van der Waals surface area (Å²) in [6.45, 7) is 2.80. The zero-order valence-electron chi connectivity index (χ0n) is 20.6. The Labute approximate surface area is 211 Å². The van der Waals surface area contributed by atoms with Gasteiger partial charge in [0, 0.05) is 50.4 Å². The highest BCUT2D eigenvalue weighted by Crippen LogP contribution is 2.35. The van der Waals surface area contributed by atoms with Crippen LogP contribution in [0, 0.1) is 5.82 Å². The van der Waals surface area contributed by atoms with Crippen LogP contribution in [0.2, 0.25) is 0 Å². The highest BCUT2D eigenvalue weighted by molar-refractivity contribution is 6.12. The predicted molar refractivity (Wildman–Crippen MR) is 141 cm³/mol. The summed E-state index contributed by atoms with van der Waals surface area (Å²) in [5.41, 5.74) is 11.3. The minimum absolute atomic E-state index is 0.0224. The lowest BCUT2D eigenvalue weighted by Gasteiger charge is -2.32. The molecular formula is C30H32FN3O2. The van der Waals surface area contributed by atoms with Gasteiger partial charge in [-0.25, -0.2) is 4.39 Å². The first-order valence-corrected chi connectivity index (χ1v) is 12.5. The van der Waals surface area contributed by atoms with Gasteiger partial charge in [0.05, 0.1) is 12.2 Å². The van der Waals surface area contributed by atoms with E-state index in [1.165, 1.54) is 6.07 Å². The van der Waals surface area contributed by atoms with Gasteiger partial charge in [0.1, 0.15) is 5.82 Å². The van der Waals surface area contributed by atoms with Crippen LogP contribution in [0.3, 0.4) is 0 Å². The van der Waals surface area contributed by atoms with Gasteiger partial charge < -0.3 is 19.9 Å². The first kappa shape index (κ1) is 24.2. The Bertz CT molecular complexity index is 1360. The molecule has 1 fully saturated rings. The van der Waals surface area contributed by atoms with E-state index in [9.17, 15) is 9.18 Å². The van der Waals surface area contributed by atoms with Crippen LogP contribution in [0.5, 0.6) is 0 Å². The number of benzene rings is 3. The summed E-state index contributed by atoms with van der Waals surface area (Å²) in [4.78, 5) is 15.8. The lowest BCUT2D eigenvalue weighted by molar-refractivity contribution is 0.0714. The van der Waals surface area contributed by atoms with Crippen LogP contribution in [0.4, 0.5) is 4.39 Å². The molecule has 3 aromatic carbocycles. The van der Waals surface area contributed by atoms with E-state index in [0.29, 0.717) is 43.9 Å². The molecule has 0 saturated carbocycles. The fourth-order valence-electron chi connectivity index (χ4n) is 5.34. The summed E-state index contributed by atoms with van der Waals surface area (Å²) in [5, 5.41) is 0.966. The monoisotopic (exact) mass is 485 g/mol. The Morgan fingerprint density at radius 2 is 1.83 bits per heavy atom. The van der Waals surface area contributed by atoms with Gasteiger partial charge in [-0.2, -0.15) is 0 Å². The maximum absolute atomic E-state index is 14.6. The quantitative estimate of drug-likeness (QED) is 0.372. The van der Waals surface area contributed by atoms with Crippen molar-refractivity contribution in [3.05, 3.63) is 95.4 Å². The molecule has 0 unspecified atom stereocenters. The molecule has 36 heavy (non-hydrogen) atoms. The van der Waals surface area contributed by atoms with Crippen LogP contribution in [-0.2, 0) is 17.8 Å². The fraction of sp³-hybridized carbons (Fsp3) is 0.300. The van der Waals surface area contributed by atoms with E-state index in [1.807, 2.05) is 41.4 Å². The molecule has 1 saturated heterocycles. The summed E-state index contributed by atoms with van der Waals surface area (Å²) >= 11 is 0. The van der Waals surface area contributed by atoms with Gasteiger partial charge in [0.2, 0.25) is 0 Å². The molecule has 5 rings (SSSR count). The number of carbonyl (C=O) groups is 1. The lowest BCUT2D eigenvalue weighted by atomic mass is 9.88. The third-order valence-corrected chi connectivity index (χ3v) is 7.28. The molecule has 0 bridgehead atoms. The van der Waals surface area contributed by atoms with Crippen molar-refractivity contribution >= 4 is 16.8 Å². The van der Waals surface area contributed by atoms with Crippen LogP contribution >= 0.6 is 0 Å². The van der Waals surface area contributed by atoms with Crippen LogP contribution < -0.4 is 5.73 Å². The molecule has 1 amide bonds. The van der Waals surface area contributed by atoms with Crippen LogP contribution in [0.1, 0.15) is 40.2 Å². The highest BCUT2D eigenvalue weighted by Gasteiger charge is 2.29. The molecule has 0 spiro atoms. The molecule has 1 aliphatic heterocycles. The highest BCUT2D eigenvalue weighted by atomic mass is 19.1. The second-order valence-electron chi connectivity index (χ2n) is 9.42. The molecule has 6 heteroatoms. The van der Waals surface area contributed by atoms with E-state index in [0.717, 1.165) is 40.4 Å². The summed E-state index contributed by atoms with van der Waals surface area (Å²) in [7, 11) is 1.68. The number of nitrogens with two attached hydrogens (primary N) is 1. The molecule has 4 aromatic rings. The van der Waals surface area contributed by atoms with Gasteiger partial charge in [0.25, 0.3) is 5.91 Å². The average molecular weight is 486 g/mol. The summed E-state index contributed by atoms with van der Waals surface area (Å²) < 4.78 is 22.0. The standard InChI is InChI=1S/C30H32FN3O2/c1-36-17-16-34-20-26(29-24(8-5-9-28(29)34)22-6-3-2-4-7-22)30(35)33-14-12-23(13-15-33)25-18-21(19-32)10-11-27(25)31/h2-11,18,20,23H,12-17,19,32H2,1H3. The Kier molecular flexibility index (Phi) is 7.16. The third-order valence-electron chi connectivity index (χ3n) is 7.28. The summed E-state index contributed by atoms with van der Waals surface area (Å²) in [6.07, 6.45) is 3.42. The Morgan fingerprint density at radius 1 is 1.06 bits per heavy atom.